The number of benzene rings is 1. The normalized spacial score (nSPS) is 13.3. The first-order chi connectivity index (χ1) is 9.61. The van der Waals surface area contributed by atoms with Crippen molar-refractivity contribution >= 4 is 23.7 Å². The molecule has 3 rings (SSSR count). The molecular formula is C13H12ClN3O3. The zero-order valence-corrected chi connectivity index (χ0v) is 11.5. The van der Waals surface area contributed by atoms with E-state index in [1.165, 1.54) is 0 Å². The van der Waals surface area contributed by atoms with Gasteiger partial charge in [-0.25, -0.2) is 0 Å². The van der Waals surface area contributed by atoms with E-state index in [4.69, 9.17) is 26.8 Å². The predicted octanol–water partition coefficient (Wildman–Crippen LogP) is 1.91. The van der Waals surface area contributed by atoms with E-state index in [1.54, 1.807) is 23.9 Å². The van der Waals surface area contributed by atoms with Gasteiger partial charge in [0.15, 0.2) is 17.8 Å². The second-order valence-electron chi connectivity index (χ2n) is 4.37. The predicted molar refractivity (Wildman–Crippen MR) is 74.4 cm³/mol. The molecule has 2 heterocycles. The zero-order valence-electron chi connectivity index (χ0n) is 10.7. The van der Waals surface area contributed by atoms with Crippen molar-refractivity contribution in [3.05, 3.63) is 22.7 Å². The van der Waals surface area contributed by atoms with Gasteiger partial charge in [0, 0.05) is 18.7 Å². The maximum Gasteiger partial charge on any atom is 0.174 e. The number of aryl methyl sites for hydroxylation is 1. The summed E-state index contributed by atoms with van der Waals surface area (Å²) in [6, 6.07) is 3.35. The Bertz CT molecular complexity index is 677. The van der Waals surface area contributed by atoms with Crippen LogP contribution in [0.5, 0.6) is 11.5 Å². The summed E-state index contributed by atoms with van der Waals surface area (Å²) in [5.41, 5.74) is 7.35. The number of nitrogen functional groups attached to an aromatic ring is 1. The first-order valence-corrected chi connectivity index (χ1v) is 6.36. The molecule has 0 spiro atoms. The Morgan fingerprint density at radius 1 is 1.35 bits per heavy atom. The topological polar surface area (TPSA) is 79.4 Å². The molecule has 1 aromatic carbocycles. The fourth-order valence-corrected chi connectivity index (χ4v) is 2.35. The maximum atomic E-state index is 11.1. The van der Waals surface area contributed by atoms with Gasteiger partial charge in [-0.1, -0.05) is 11.6 Å². The third kappa shape index (κ3) is 1.89. The van der Waals surface area contributed by atoms with Crippen molar-refractivity contribution in [2.75, 3.05) is 18.9 Å². The molecule has 2 N–H and O–H groups in total. The average Bonchev–Trinajstić information content (AvgIpc) is 2.78. The number of aldehydes is 1. The van der Waals surface area contributed by atoms with Gasteiger partial charge in [-0.3, -0.25) is 9.48 Å². The van der Waals surface area contributed by atoms with Crippen LogP contribution in [0.2, 0.25) is 5.02 Å². The van der Waals surface area contributed by atoms with Gasteiger partial charge in [0.2, 0.25) is 0 Å². The van der Waals surface area contributed by atoms with E-state index >= 15 is 0 Å². The van der Waals surface area contributed by atoms with Gasteiger partial charge >= 0.3 is 0 Å². The molecule has 1 aromatic heterocycles. The summed E-state index contributed by atoms with van der Waals surface area (Å²) < 4.78 is 12.7. The molecule has 104 valence electrons. The quantitative estimate of drug-likeness (QED) is 0.856. The van der Waals surface area contributed by atoms with Gasteiger partial charge < -0.3 is 15.2 Å². The van der Waals surface area contributed by atoms with Gasteiger partial charge in [0.1, 0.15) is 19.0 Å². The van der Waals surface area contributed by atoms with Gasteiger partial charge in [0.05, 0.1) is 16.3 Å². The number of ether oxygens (including phenoxy) is 2. The van der Waals surface area contributed by atoms with Crippen LogP contribution < -0.4 is 15.2 Å². The summed E-state index contributed by atoms with van der Waals surface area (Å²) in [4.78, 5) is 11.1. The number of halogens is 1. The highest BCUT2D eigenvalue weighted by Gasteiger charge is 2.25. The van der Waals surface area contributed by atoms with Crippen LogP contribution in [0.4, 0.5) is 5.82 Å². The lowest BCUT2D eigenvalue weighted by Crippen LogP contribution is -2.17. The van der Waals surface area contributed by atoms with Crippen LogP contribution >= 0.6 is 11.6 Å². The highest BCUT2D eigenvalue weighted by atomic mass is 35.5. The zero-order chi connectivity index (χ0) is 14.3. The van der Waals surface area contributed by atoms with Crippen molar-refractivity contribution in [2.45, 2.75) is 0 Å². The number of hydrogen-bond donors (Lipinski definition) is 1. The summed E-state index contributed by atoms with van der Waals surface area (Å²) >= 11 is 6.13. The molecule has 0 unspecified atom stereocenters. The van der Waals surface area contributed by atoms with E-state index in [-0.39, 0.29) is 5.56 Å². The molecule has 0 saturated heterocycles. The Morgan fingerprint density at radius 3 is 2.65 bits per heavy atom. The fourth-order valence-electron chi connectivity index (χ4n) is 2.11. The molecule has 2 aromatic rings. The second kappa shape index (κ2) is 4.72. The molecule has 0 bridgehead atoms. The van der Waals surface area contributed by atoms with Crippen LogP contribution in [0, 0.1) is 0 Å². The highest BCUT2D eigenvalue weighted by molar-refractivity contribution is 6.33. The molecule has 0 aliphatic carbocycles. The first kappa shape index (κ1) is 12.8. The largest absolute Gasteiger partial charge is 0.485 e. The Labute approximate surface area is 120 Å². The van der Waals surface area contributed by atoms with Crippen LogP contribution in [0.1, 0.15) is 10.4 Å². The lowest BCUT2D eigenvalue weighted by Gasteiger charge is -2.22. The molecule has 20 heavy (non-hydrogen) atoms. The summed E-state index contributed by atoms with van der Waals surface area (Å²) in [6.45, 7) is 0.778. The highest BCUT2D eigenvalue weighted by Crippen LogP contribution is 2.44. The minimum Gasteiger partial charge on any atom is -0.485 e. The Hall–Kier alpha value is -2.21. The monoisotopic (exact) mass is 293 g/mol. The van der Waals surface area contributed by atoms with Crippen LogP contribution in [0.3, 0.4) is 0 Å². The number of fused-ring (bicyclic) bond motifs is 1. The van der Waals surface area contributed by atoms with Crippen molar-refractivity contribution in [3.8, 4) is 22.8 Å². The maximum absolute atomic E-state index is 11.1. The van der Waals surface area contributed by atoms with Crippen molar-refractivity contribution in [2.24, 2.45) is 7.05 Å². The van der Waals surface area contributed by atoms with Crippen LogP contribution in [0.15, 0.2) is 12.1 Å². The molecule has 6 nitrogen and oxygen atoms in total. The van der Waals surface area contributed by atoms with E-state index in [9.17, 15) is 4.79 Å². The number of rotatable bonds is 2. The minimum atomic E-state index is 0.286. The number of carbonyl (C=O) groups is 1. The van der Waals surface area contributed by atoms with Crippen LogP contribution in [0.25, 0.3) is 11.3 Å². The van der Waals surface area contributed by atoms with Crippen molar-refractivity contribution in [1.29, 1.82) is 0 Å². The van der Waals surface area contributed by atoms with Gasteiger partial charge in [-0.15, -0.1) is 0 Å². The summed E-state index contributed by atoms with van der Waals surface area (Å²) in [7, 11) is 1.74. The van der Waals surface area contributed by atoms with Crippen LogP contribution in [-0.4, -0.2) is 29.3 Å². The Balaban J connectivity index is 2.25. The van der Waals surface area contributed by atoms with Crippen molar-refractivity contribution in [1.82, 2.24) is 9.78 Å². The van der Waals surface area contributed by atoms with E-state index in [0.717, 1.165) is 0 Å². The molecule has 1 aliphatic rings. The Morgan fingerprint density at radius 2 is 2.05 bits per heavy atom. The Kier molecular flexibility index (Phi) is 3.02. The van der Waals surface area contributed by atoms with E-state index in [0.29, 0.717) is 53.1 Å². The summed E-state index contributed by atoms with van der Waals surface area (Å²) in [5, 5.41) is 4.59. The van der Waals surface area contributed by atoms with Crippen LogP contribution in [-0.2, 0) is 7.05 Å². The number of anilines is 1. The number of nitrogens with two attached hydrogens (primary N) is 1. The molecule has 1 aliphatic heterocycles. The fraction of sp³-hybridized carbons (Fsp3) is 0.231. The van der Waals surface area contributed by atoms with E-state index in [1.807, 2.05) is 0 Å². The number of hydrogen-bond acceptors (Lipinski definition) is 5. The molecule has 0 fully saturated rings. The average molecular weight is 294 g/mol. The third-order valence-electron chi connectivity index (χ3n) is 3.11. The standard InChI is InChI=1S/C13H12ClN3O3/c1-17-11(15)5-10(16-17)7-4-9(14)8(6-18)13-12(7)19-2-3-20-13/h4-6H,2-3,15H2,1H3. The molecule has 0 atom stereocenters. The van der Waals surface area contributed by atoms with Gasteiger partial charge in [-0.05, 0) is 6.07 Å². The smallest absolute Gasteiger partial charge is 0.174 e. The summed E-state index contributed by atoms with van der Waals surface area (Å²) in [6.07, 6.45) is 0.659. The molecule has 0 radical (unpaired) electrons. The lowest BCUT2D eigenvalue weighted by atomic mass is 10.1. The number of nitrogens with zero attached hydrogens (tertiary/aromatic N) is 2. The SMILES string of the molecule is Cn1nc(-c2cc(Cl)c(C=O)c3c2OCCO3)cc1N. The first-order valence-electron chi connectivity index (χ1n) is 5.99. The minimum absolute atomic E-state index is 0.286. The number of carbonyl (C=O) groups excluding carboxylic acids is 1. The molecule has 7 heteroatoms. The van der Waals surface area contributed by atoms with E-state index in [2.05, 4.69) is 5.10 Å². The third-order valence-corrected chi connectivity index (χ3v) is 3.42. The van der Waals surface area contributed by atoms with Gasteiger partial charge in [0.25, 0.3) is 0 Å². The van der Waals surface area contributed by atoms with E-state index < -0.39 is 0 Å². The number of aromatic nitrogens is 2. The molecule has 0 amide bonds. The lowest BCUT2D eigenvalue weighted by molar-refractivity contribution is 0.111. The van der Waals surface area contributed by atoms with Gasteiger partial charge in [-0.2, -0.15) is 5.10 Å². The molecular weight excluding hydrogens is 282 g/mol. The second-order valence-corrected chi connectivity index (χ2v) is 4.78. The summed E-state index contributed by atoms with van der Waals surface area (Å²) in [5.74, 6) is 1.35. The van der Waals surface area contributed by atoms with Crippen molar-refractivity contribution in [3.63, 3.8) is 0 Å². The van der Waals surface area contributed by atoms with Crippen molar-refractivity contribution < 1.29 is 14.3 Å². The molecule has 0 saturated carbocycles.